The van der Waals surface area contributed by atoms with Crippen LogP contribution in [0.1, 0.15) is 0 Å². The highest BCUT2D eigenvalue weighted by atomic mass is 35.5. The van der Waals surface area contributed by atoms with Gasteiger partial charge in [-0.3, -0.25) is 9.53 Å². The van der Waals surface area contributed by atoms with Crippen molar-refractivity contribution >= 4 is 23.2 Å². The van der Waals surface area contributed by atoms with Crippen molar-refractivity contribution < 1.29 is 17.9 Å². The molecule has 0 aromatic carbocycles. The summed E-state index contributed by atoms with van der Waals surface area (Å²) >= 11 is 11.0. The van der Waals surface area contributed by atoms with Crippen LogP contribution in [0.25, 0.3) is 0 Å². The average molecular weight is 277 g/mol. The van der Waals surface area contributed by atoms with E-state index in [2.05, 4.69) is 9.84 Å². The predicted molar refractivity (Wildman–Crippen MR) is 50.5 cm³/mol. The molecule has 1 aromatic rings. The van der Waals surface area contributed by atoms with Gasteiger partial charge in [0.25, 0.3) is 5.56 Å². The number of hydrogen-bond acceptors (Lipinski definition) is 3. The Morgan fingerprint density at radius 2 is 2.06 bits per heavy atom. The summed E-state index contributed by atoms with van der Waals surface area (Å²) in [4.78, 5) is 11.3. The molecule has 90 valence electrons. The summed E-state index contributed by atoms with van der Waals surface area (Å²) in [6.07, 6.45) is -3.67. The van der Waals surface area contributed by atoms with Crippen molar-refractivity contribution in [2.75, 3.05) is 6.61 Å². The summed E-state index contributed by atoms with van der Waals surface area (Å²) in [5.74, 6) is 0. The van der Waals surface area contributed by atoms with Crippen LogP contribution in [0.4, 0.5) is 13.2 Å². The number of alkyl halides is 3. The van der Waals surface area contributed by atoms with E-state index in [1.165, 1.54) is 0 Å². The van der Waals surface area contributed by atoms with Crippen LogP contribution in [0.5, 0.6) is 0 Å². The summed E-state index contributed by atoms with van der Waals surface area (Å²) < 4.78 is 39.1. The lowest BCUT2D eigenvalue weighted by Crippen LogP contribution is -2.27. The maximum Gasteiger partial charge on any atom is 0.522 e. The lowest BCUT2D eigenvalue weighted by atomic mass is 10.5. The van der Waals surface area contributed by atoms with E-state index >= 15 is 0 Å². The second kappa shape index (κ2) is 5.03. The van der Waals surface area contributed by atoms with E-state index in [0.717, 1.165) is 10.9 Å². The maximum absolute atomic E-state index is 11.6. The number of halogens is 5. The third-order valence-corrected chi connectivity index (χ3v) is 2.26. The van der Waals surface area contributed by atoms with Gasteiger partial charge in [-0.2, -0.15) is 5.10 Å². The third kappa shape index (κ3) is 3.66. The van der Waals surface area contributed by atoms with Crippen LogP contribution < -0.4 is 5.56 Å². The molecule has 0 unspecified atom stereocenters. The molecule has 0 aliphatic heterocycles. The number of rotatable bonds is 3. The van der Waals surface area contributed by atoms with Gasteiger partial charge in [0.15, 0.2) is 0 Å². The van der Waals surface area contributed by atoms with Crippen molar-refractivity contribution in [1.29, 1.82) is 0 Å². The maximum atomic E-state index is 11.6. The third-order valence-electron chi connectivity index (χ3n) is 1.51. The molecule has 0 aliphatic rings. The highest BCUT2D eigenvalue weighted by molar-refractivity contribution is 6.41. The van der Waals surface area contributed by atoms with Gasteiger partial charge in [-0.1, -0.05) is 23.2 Å². The minimum Gasteiger partial charge on any atom is -0.290 e. The second-order valence-corrected chi connectivity index (χ2v) is 3.41. The lowest BCUT2D eigenvalue weighted by Gasteiger charge is -2.08. The summed E-state index contributed by atoms with van der Waals surface area (Å²) in [5, 5.41) is 3.15. The second-order valence-electron chi connectivity index (χ2n) is 2.63. The topological polar surface area (TPSA) is 44.1 Å². The van der Waals surface area contributed by atoms with E-state index < -0.39 is 18.5 Å². The molecule has 0 aliphatic carbocycles. The highest BCUT2D eigenvalue weighted by Crippen LogP contribution is 2.16. The lowest BCUT2D eigenvalue weighted by molar-refractivity contribution is -0.325. The molecule has 0 atom stereocenters. The van der Waals surface area contributed by atoms with Crippen LogP contribution in [-0.4, -0.2) is 22.7 Å². The summed E-state index contributed by atoms with van der Waals surface area (Å²) in [6, 6.07) is 0. The van der Waals surface area contributed by atoms with Gasteiger partial charge in [-0.05, 0) is 0 Å². The molecule has 0 saturated carbocycles. The minimum absolute atomic E-state index is 0.0559. The molecule has 1 aromatic heterocycles. The van der Waals surface area contributed by atoms with Gasteiger partial charge in [0.05, 0.1) is 24.4 Å². The van der Waals surface area contributed by atoms with Crippen LogP contribution in [0.3, 0.4) is 0 Å². The Bertz CT molecular complexity index is 433. The quantitative estimate of drug-likeness (QED) is 0.849. The Labute approximate surface area is 97.5 Å². The van der Waals surface area contributed by atoms with E-state index in [1.807, 2.05) is 0 Å². The molecular formula is C7H5Cl2F3N2O2. The smallest absolute Gasteiger partial charge is 0.290 e. The molecule has 0 bridgehead atoms. The molecule has 0 spiro atoms. The zero-order valence-corrected chi connectivity index (χ0v) is 9.10. The Morgan fingerprint density at radius 1 is 1.44 bits per heavy atom. The standard InChI is InChI=1S/C7H5Cl2F3N2O2/c8-4-3-13-14(6(15)5(4)9)1-2-16-7(10,11)12/h3H,1-2H2. The van der Waals surface area contributed by atoms with Gasteiger partial charge < -0.3 is 0 Å². The van der Waals surface area contributed by atoms with Crippen LogP contribution in [0.2, 0.25) is 10.0 Å². The van der Waals surface area contributed by atoms with Crippen molar-refractivity contribution in [3.8, 4) is 0 Å². The molecular weight excluding hydrogens is 272 g/mol. The molecule has 4 nitrogen and oxygen atoms in total. The van der Waals surface area contributed by atoms with E-state index in [-0.39, 0.29) is 16.6 Å². The first-order chi connectivity index (χ1) is 7.31. The van der Waals surface area contributed by atoms with Crippen LogP contribution in [0, 0.1) is 0 Å². The summed E-state index contributed by atoms with van der Waals surface area (Å²) in [6.45, 7) is -1.09. The fourth-order valence-electron chi connectivity index (χ4n) is 0.852. The molecule has 0 amide bonds. The van der Waals surface area contributed by atoms with Crippen molar-refractivity contribution in [2.24, 2.45) is 0 Å². The van der Waals surface area contributed by atoms with Gasteiger partial charge in [0.2, 0.25) is 0 Å². The summed E-state index contributed by atoms with van der Waals surface area (Å²) in [7, 11) is 0. The van der Waals surface area contributed by atoms with Gasteiger partial charge in [-0.15, -0.1) is 13.2 Å². The number of nitrogens with zero attached hydrogens (tertiary/aromatic N) is 2. The van der Waals surface area contributed by atoms with Gasteiger partial charge in [0.1, 0.15) is 5.02 Å². The van der Waals surface area contributed by atoms with Gasteiger partial charge in [0, 0.05) is 0 Å². The van der Waals surface area contributed by atoms with Gasteiger partial charge in [-0.25, -0.2) is 4.68 Å². The normalized spacial score (nSPS) is 11.8. The molecule has 0 saturated heterocycles. The Hall–Kier alpha value is -0.790. The van der Waals surface area contributed by atoms with Crippen molar-refractivity contribution in [3.63, 3.8) is 0 Å². The van der Waals surface area contributed by atoms with Crippen LogP contribution in [0.15, 0.2) is 11.0 Å². The molecule has 0 fully saturated rings. The zero-order valence-electron chi connectivity index (χ0n) is 7.59. The average Bonchev–Trinajstić information content (AvgIpc) is 2.16. The van der Waals surface area contributed by atoms with Crippen molar-refractivity contribution in [1.82, 2.24) is 9.78 Å². The van der Waals surface area contributed by atoms with E-state index in [0.29, 0.717) is 0 Å². The Morgan fingerprint density at radius 3 is 2.62 bits per heavy atom. The van der Waals surface area contributed by atoms with E-state index in [4.69, 9.17) is 23.2 Å². The predicted octanol–water partition coefficient (Wildman–Crippen LogP) is 2.09. The fraction of sp³-hybridized carbons (Fsp3) is 0.429. The van der Waals surface area contributed by atoms with E-state index in [9.17, 15) is 18.0 Å². The van der Waals surface area contributed by atoms with Crippen molar-refractivity contribution in [3.05, 3.63) is 26.6 Å². The molecule has 9 heteroatoms. The monoisotopic (exact) mass is 276 g/mol. The van der Waals surface area contributed by atoms with Crippen LogP contribution in [-0.2, 0) is 11.3 Å². The number of aromatic nitrogens is 2. The molecule has 1 rings (SSSR count). The van der Waals surface area contributed by atoms with Gasteiger partial charge >= 0.3 is 6.36 Å². The highest BCUT2D eigenvalue weighted by Gasteiger charge is 2.28. The molecule has 0 radical (unpaired) electrons. The Balaban J connectivity index is 2.69. The zero-order chi connectivity index (χ0) is 12.3. The number of hydrogen-bond donors (Lipinski definition) is 0. The van der Waals surface area contributed by atoms with Crippen LogP contribution >= 0.6 is 23.2 Å². The SMILES string of the molecule is O=c1c(Cl)c(Cl)cnn1CCOC(F)(F)F. The first-order valence-electron chi connectivity index (χ1n) is 3.93. The first kappa shape index (κ1) is 13.3. The Kier molecular flexibility index (Phi) is 4.17. The fourth-order valence-corrected chi connectivity index (χ4v) is 1.12. The minimum atomic E-state index is -4.74. The molecule has 1 heterocycles. The number of ether oxygens (including phenoxy) is 1. The molecule has 0 N–H and O–H groups in total. The summed E-state index contributed by atoms with van der Waals surface area (Å²) in [5.41, 5.74) is -0.764. The molecule has 16 heavy (non-hydrogen) atoms. The largest absolute Gasteiger partial charge is 0.522 e. The first-order valence-corrected chi connectivity index (χ1v) is 4.68. The van der Waals surface area contributed by atoms with E-state index in [1.54, 1.807) is 0 Å². The van der Waals surface area contributed by atoms with Crippen molar-refractivity contribution in [2.45, 2.75) is 12.9 Å².